The van der Waals surface area contributed by atoms with Gasteiger partial charge in [-0.3, -0.25) is 0 Å². The molecule has 0 aliphatic rings. The Hall–Kier alpha value is -0.680. The van der Waals surface area contributed by atoms with Gasteiger partial charge in [-0.1, -0.05) is 29.3 Å². The fraction of sp³-hybridized carbons (Fsp3) is 0.0769. The predicted octanol–water partition coefficient (Wildman–Crippen LogP) is 5.74. The molecule has 0 radical (unpaired) electrons. The van der Waals surface area contributed by atoms with Crippen LogP contribution in [0.4, 0.5) is 0 Å². The van der Waals surface area contributed by atoms with Crippen LogP contribution in [0.5, 0.6) is 0 Å². The van der Waals surface area contributed by atoms with Crippen LogP contribution in [0, 0.1) is 6.92 Å². The predicted molar refractivity (Wildman–Crippen MR) is 85.3 cm³/mol. The summed E-state index contributed by atoms with van der Waals surface area (Å²) in [7, 11) is 0. The molecule has 0 amide bonds. The minimum atomic E-state index is 0.385. The maximum Gasteiger partial charge on any atom is 0.162 e. The first kappa shape index (κ1) is 13.3. The van der Waals surface area contributed by atoms with E-state index in [0.717, 1.165) is 20.4 Å². The number of aryl methyl sites for hydroxylation is 1. The third-order valence-corrected chi connectivity index (χ3v) is 4.88. The Balaban J connectivity index is 2.33. The van der Waals surface area contributed by atoms with Crippen LogP contribution in [0.1, 0.15) is 5.56 Å². The third kappa shape index (κ3) is 2.38. The van der Waals surface area contributed by atoms with Gasteiger partial charge in [-0.25, -0.2) is 9.97 Å². The Morgan fingerprint density at radius 2 is 2.00 bits per heavy atom. The molecule has 0 saturated carbocycles. The Morgan fingerprint density at radius 1 is 1.21 bits per heavy atom. The van der Waals surface area contributed by atoms with Crippen molar-refractivity contribution in [3.05, 3.63) is 43.1 Å². The highest BCUT2D eigenvalue weighted by atomic mass is 79.9. The Morgan fingerprint density at radius 3 is 2.68 bits per heavy atom. The summed E-state index contributed by atoms with van der Waals surface area (Å²) in [6, 6.07) is 5.72. The molecule has 6 heteroatoms. The number of hydrogen-bond acceptors (Lipinski definition) is 3. The van der Waals surface area contributed by atoms with Crippen molar-refractivity contribution >= 4 is 61.4 Å². The molecule has 2 nitrogen and oxygen atoms in total. The molecule has 0 aliphatic carbocycles. The standard InChI is InChI=1S/C13H7BrCl2N2S/c1-6-2-3-8(15)10-11(6)17-13(18-12(10)16)7-4-9(14)19-5-7/h2-5H,1H3. The van der Waals surface area contributed by atoms with E-state index >= 15 is 0 Å². The summed E-state index contributed by atoms with van der Waals surface area (Å²) in [6.45, 7) is 1.98. The number of nitrogens with zero attached hydrogens (tertiary/aromatic N) is 2. The summed E-state index contributed by atoms with van der Waals surface area (Å²) in [6.07, 6.45) is 0. The minimum Gasteiger partial charge on any atom is -0.228 e. The molecule has 2 aromatic heterocycles. The first-order valence-electron chi connectivity index (χ1n) is 5.43. The molecule has 0 aliphatic heterocycles. The van der Waals surface area contributed by atoms with E-state index < -0.39 is 0 Å². The van der Waals surface area contributed by atoms with Crippen molar-refractivity contribution in [3.63, 3.8) is 0 Å². The zero-order valence-electron chi connectivity index (χ0n) is 9.75. The van der Waals surface area contributed by atoms with Crippen LogP contribution in [-0.4, -0.2) is 9.97 Å². The second kappa shape index (κ2) is 5.02. The highest BCUT2D eigenvalue weighted by Gasteiger charge is 2.13. The second-order valence-corrected chi connectivity index (χ2v) is 7.12. The van der Waals surface area contributed by atoms with Crippen LogP contribution in [0.25, 0.3) is 22.3 Å². The molecular weight excluding hydrogens is 367 g/mol. The molecule has 0 saturated heterocycles. The minimum absolute atomic E-state index is 0.385. The van der Waals surface area contributed by atoms with E-state index in [1.165, 1.54) is 0 Å². The van der Waals surface area contributed by atoms with Gasteiger partial charge in [0.1, 0.15) is 5.15 Å². The number of halogens is 3. The van der Waals surface area contributed by atoms with E-state index in [2.05, 4.69) is 25.9 Å². The summed E-state index contributed by atoms with van der Waals surface area (Å²) in [5.74, 6) is 0.616. The fourth-order valence-corrected chi connectivity index (χ4v) is 3.54. The molecule has 0 N–H and O–H groups in total. The number of fused-ring (bicyclic) bond motifs is 1. The maximum atomic E-state index is 6.25. The van der Waals surface area contributed by atoms with Gasteiger partial charge in [0.15, 0.2) is 5.82 Å². The van der Waals surface area contributed by atoms with Gasteiger partial charge in [-0.15, -0.1) is 11.3 Å². The normalized spacial score (nSPS) is 11.2. The van der Waals surface area contributed by atoms with Crippen LogP contribution >= 0.6 is 50.5 Å². The van der Waals surface area contributed by atoms with Crippen molar-refractivity contribution in [2.75, 3.05) is 0 Å². The molecule has 3 rings (SSSR count). The van der Waals surface area contributed by atoms with Crippen LogP contribution in [0.15, 0.2) is 27.4 Å². The smallest absolute Gasteiger partial charge is 0.162 e. The number of hydrogen-bond donors (Lipinski definition) is 0. The monoisotopic (exact) mass is 372 g/mol. The van der Waals surface area contributed by atoms with Gasteiger partial charge in [0.25, 0.3) is 0 Å². The van der Waals surface area contributed by atoms with Crippen molar-refractivity contribution in [2.45, 2.75) is 6.92 Å². The van der Waals surface area contributed by atoms with Gasteiger partial charge in [0, 0.05) is 10.9 Å². The summed E-state index contributed by atoms with van der Waals surface area (Å²) < 4.78 is 1.03. The maximum absolute atomic E-state index is 6.25. The summed E-state index contributed by atoms with van der Waals surface area (Å²) in [5.41, 5.74) is 2.77. The average molecular weight is 374 g/mol. The van der Waals surface area contributed by atoms with E-state index in [0.29, 0.717) is 21.4 Å². The summed E-state index contributed by atoms with van der Waals surface area (Å²) >= 11 is 17.4. The van der Waals surface area contributed by atoms with Gasteiger partial charge >= 0.3 is 0 Å². The van der Waals surface area contributed by atoms with E-state index in [-0.39, 0.29) is 0 Å². The Bertz CT molecular complexity index is 786. The van der Waals surface area contributed by atoms with Gasteiger partial charge in [-0.2, -0.15) is 0 Å². The third-order valence-electron chi connectivity index (χ3n) is 2.78. The lowest BCUT2D eigenvalue weighted by Gasteiger charge is -2.07. The van der Waals surface area contributed by atoms with Gasteiger partial charge in [0.05, 0.1) is 19.7 Å². The van der Waals surface area contributed by atoms with Gasteiger partial charge in [0.2, 0.25) is 0 Å². The molecule has 0 fully saturated rings. The van der Waals surface area contributed by atoms with E-state index in [1.54, 1.807) is 11.3 Å². The molecule has 1 aromatic carbocycles. The van der Waals surface area contributed by atoms with Gasteiger partial charge < -0.3 is 0 Å². The van der Waals surface area contributed by atoms with Crippen molar-refractivity contribution < 1.29 is 0 Å². The van der Waals surface area contributed by atoms with E-state index in [9.17, 15) is 0 Å². The number of rotatable bonds is 1. The average Bonchev–Trinajstić information content (AvgIpc) is 2.80. The second-order valence-electron chi connectivity index (χ2n) is 4.07. The number of thiophene rings is 1. The van der Waals surface area contributed by atoms with Crippen LogP contribution < -0.4 is 0 Å². The van der Waals surface area contributed by atoms with E-state index in [1.807, 2.05) is 30.5 Å². The first-order valence-corrected chi connectivity index (χ1v) is 7.86. The SMILES string of the molecule is Cc1ccc(Cl)c2c(Cl)nc(-c3csc(Br)c3)nc12. The molecule has 96 valence electrons. The summed E-state index contributed by atoms with van der Waals surface area (Å²) in [5, 5.41) is 3.66. The molecule has 0 bridgehead atoms. The van der Waals surface area contributed by atoms with Crippen molar-refractivity contribution in [2.24, 2.45) is 0 Å². The van der Waals surface area contributed by atoms with Crippen molar-refractivity contribution in [1.82, 2.24) is 9.97 Å². The molecular formula is C13H7BrCl2N2S. The quantitative estimate of drug-likeness (QED) is 0.508. The molecule has 19 heavy (non-hydrogen) atoms. The highest BCUT2D eigenvalue weighted by molar-refractivity contribution is 9.11. The van der Waals surface area contributed by atoms with Crippen LogP contribution in [0.2, 0.25) is 10.2 Å². The topological polar surface area (TPSA) is 25.8 Å². The van der Waals surface area contributed by atoms with E-state index in [4.69, 9.17) is 23.2 Å². The highest BCUT2D eigenvalue weighted by Crippen LogP contribution is 2.33. The van der Waals surface area contributed by atoms with Crippen molar-refractivity contribution in [1.29, 1.82) is 0 Å². The summed E-state index contributed by atoms with van der Waals surface area (Å²) in [4.78, 5) is 8.93. The van der Waals surface area contributed by atoms with Crippen molar-refractivity contribution in [3.8, 4) is 11.4 Å². The number of aromatic nitrogens is 2. The fourth-order valence-electron chi connectivity index (χ4n) is 1.85. The lowest BCUT2D eigenvalue weighted by molar-refractivity contribution is 1.22. The lowest BCUT2D eigenvalue weighted by atomic mass is 10.1. The molecule has 3 aromatic rings. The van der Waals surface area contributed by atoms with Gasteiger partial charge in [-0.05, 0) is 40.5 Å². The van der Waals surface area contributed by atoms with Crippen LogP contribution in [0.3, 0.4) is 0 Å². The molecule has 0 atom stereocenters. The Kier molecular flexibility index (Phi) is 3.52. The Labute approximate surface area is 132 Å². The lowest BCUT2D eigenvalue weighted by Crippen LogP contribution is -1.93. The zero-order valence-corrected chi connectivity index (χ0v) is 13.7. The first-order chi connectivity index (χ1) is 9.06. The molecule has 2 heterocycles. The van der Waals surface area contributed by atoms with Crippen LogP contribution in [-0.2, 0) is 0 Å². The largest absolute Gasteiger partial charge is 0.228 e. The zero-order chi connectivity index (χ0) is 13.6. The molecule has 0 unspecified atom stereocenters. The number of benzene rings is 1. The molecule has 0 spiro atoms.